The van der Waals surface area contributed by atoms with Crippen LogP contribution in [0.1, 0.15) is 52.9 Å². The maximum atomic E-state index is 12.2. The van der Waals surface area contributed by atoms with Crippen molar-refractivity contribution in [2.24, 2.45) is 0 Å². The number of benzene rings is 2. The summed E-state index contributed by atoms with van der Waals surface area (Å²) in [4.78, 5) is 28.5. The molecule has 30 heavy (non-hydrogen) atoms. The monoisotopic (exact) mass is 406 g/mol. The Hall–Kier alpha value is -3.48. The quantitative estimate of drug-likeness (QED) is 0.611. The summed E-state index contributed by atoms with van der Waals surface area (Å²) in [6.07, 6.45) is 0. The molecular formula is C23H26N4O3. The Kier molecular flexibility index (Phi) is 6.30. The minimum absolute atomic E-state index is 0.0512. The second kappa shape index (κ2) is 8.90. The number of carbonyl (C=O) groups is 2. The van der Waals surface area contributed by atoms with Crippen molar-refractivity contribution < 1.29 is 14.1 Å². The third kappa shape index (κ3) is 5.31. The van der Waals surface area contributed by atoms with Gasteiger partial charge in [0.15, 0.2) is 0 Å². The fourth-order valence-electron chi connectivity index (χ4n) is 2.87. The average molecular weight is 406 g/mol. The Morgan fingerprint density at radius 2 is 1.63 bits per heavy atom. The molecule has 2 amide bonds. The van der Waals surface area contributed by atoms with E-state index < -0.39 is 5.91 Å². The molecule has 7 heteroatoms. The van der Waals surface area contributed by atoms with Crippen molar-refractivity contribution in [1.29, 1.82) is 0 Å². The van der Waals surface area contributed by atoms with Crippen LogP contribution in [0, 0.1) is 6.92 Å². The molecule has 0 fully saturated rings. The fraction of sp³-hybridized carbons (Fsp3) is 0.304. The molecule has 0 saturated heterocycles. The van der Waals surface area contributed by atoms with Gasteiger partial charge >= 0.3 is 11.8 Å². The minimum atomic E-state index is -0.482. The summed E-state index contributed by atoms with van der Waals surface area (Å²) in [5.41, 5.74) is 3.61. The zero-order chi connectivity index (χ0) is 21.7. The van der Waals surface area contributed by atoms with Crippen LogP contribution in [0.2, 0.25) is 0 Å². The highest BCUT2D eigenvalue weighted by Crippen LogP contribution is 2.24. The fourth-order valence-corrected chi connectivity index (χ4v) is 2.87. The molecule has 0 radical (unpaired) electrons. The van der Waals surface area contributed by atoms with Gasteiger partial charge in [0.2, 0.25) is 5.82 Å². The van der Waals surface area contributed by atoms with Crippen molar-refractivity contribution in [3.05, 3.63) is 71.1 Å². The van der Waals surface area contributed by atoms with E-state index in [-0.39, 0.29) is 30.3 Å². The normalized spacial score (nSPS) is 11.2. The van der Waals surface area contributed by atoms with Crippen molar-refractivity contribution in [3.63, 3.8) is 0 Å². The molecule has 0 atom stereocenters. The van der Waals surface area contributed by atoms with Gasteiger partial charge in [-0.3, -0.25) is 9.59 Å². The van der Waals surface area contributed by atoms with E-state index >= 15 is 0 Å². The summed E-state index contributed by atoms with van der Waals surface area (Å²) in [7, 11) is 0. The summed E-state index contributed by atoms with van der Waals surface area (Å²) in [6, 6.07) is 15.2. The first kappa shape index (κ1) is 21.2. The van der Waals surface area contributed by atoms with Crippen LogP contribution in [0.25, 0.3) is 11.4 Å². The largest absolute Gasteiger partial charge is 0.350 e. The highest BCUT2D eigenvalue weighted by atomic mass is 16.5. The standard InChI is InChI=1S/C23H26N4O3/c1-15-6-5-7-17(14-15)20(28)24-12-13-25-21(29)22-26-19(27-30-22)16-8-10-18(11-9-16)23(2,3)4/h5-11,14H,12-13H2,1-4H3,(H,24,28)(H,25,29). The predicted molar refractivity (Wildman–Crippen MR) is 114 cm³/mol. The maximum Gasteiger partial charge on any atom is 0.316 e. The highest BCUT2D eigenvalue weighted by molar-refractivity contribution is 5.94. The number of carbonyl (C=O) groups excluding carboxylic acids is 2. The zero-order valence-electron chi connectivity index (χ0n) is 17.7. The lowest BCUT2D eigenvalue weighted by atomic mass is 9.87. The molecule has 0 aliphatic carbocycles. The SMILES string of the molecule is Cc1cccc(C(=O)NCCNC(=O)c2nc(-c3ccc(C(C)(C)C)cc3)no2)c1. The van der Waals surface area contributed by atoms with Crippen LogP contribution < -0.4 is 10.6 Å². The maximum absolute atomic E-state index is 12.2. The van der Waals surface area contributed by atoms with E-state index in [0.717, 1.165) is 11.1 Å². The van der Waals surface area contributed by atoms with Crippen molar-refractivity contribution in [2.45, 2.75) is 33.1 Å². The number of hydrogen-bond acceptors (Lipinski definition) is 5. The number of nitrogens with one attached hydrogen (secondary N) is 2. The van der Waals surface area contributed by atoms with Gasteiger partial charge in [-0.2, -0.15) is 4.98 Å². The molecule has 0 aliphatic heterocycles. The van der Waals surface area contributed by atoms with Gasteiger partial charge in [-0.15, -0.1) is 0 Å². The lowest BCUT2D eigenvalue weighted by Crippen LogP contribution is -2.34. The molecule has 0 aliphatic rings. The highest BCUT2D eigenvalue weighted by Gasteiger charge is 2.17. The van der Waals surface area contributed by atoms with E-state index in [1.807, 2.05) is 49.4 Å². The van der Waals surface area contributed by atoms with E-state index in [1.165, 1.54) is 5.56 Å². The van der Waals surface area contributed by atoms with Crippen molar-refractivity contribution in [3.8, 4) is 11.4 Å². The molecule has 2 aromatic carbocycles. The first-order valence-corrected chi connectivity index (χ1v) is 9.82. The van der Waals surface area contributed by atoms with E-state index in [1.54, 1.807) is 6.07 Å². The van der Waals surface area contributed by atoms with Gasteiger partial charge in [0.1, 0.15) is 0 Å². The molecule has 0 saturated carbocycles. The molecule has 156 valence electrons. The summed E-state index contributed by atoms with van der Waals surface area (Å²) in [5, 5.41) is 9.31. The van der Waals surface area contributed by atoms with Gasteiger partial charge in [0.05, 0.1) is 0 Å². The summed E-state index contributed by atoms with van der Waals surface area (Å²) < 4.78 is 5.08. The molecule has 3 rings (SSSR count). The number of aromatic nitrogens is 2. The van der Waals surface area contributed by atoms with Crippen LogP contribution in [0.5, 0.6) is 0 Å². The van der Waals surface area contributed by atoms with Crippen LogP contribution in [0.15, 0.2) is 53.1 Å². The third-order valence-electron chi connectivity index (χ3n) is 4.61. The number of rotatable bonds is 6. The van der Waals surface area contributed by atoms with Crippen LogP contribution >= 0.6 is 0 Å². The Morgan fingerprint density at radius 3 is 2.27 bits per heavy atom. The molecule has 0 spiro atoms. The molecule has 7 nitrogen and oxygen atoms in total. The smallest absolute Gasteiger partial charge is 0.316 e. The first-order valence-electron chi connectivity index (χ1n) is 9.82. The van der Waals surface area contributed by atoms with Gasteiger partial charge in [0, 0.05) is 24.2 Å². The van der Waals surface area contributed by atoms with E-state index in [9.17, 15) is 9.59 Å². The Bertz CT molecular complexity index is 1030. The lowest BCUT2D eigenvalue weighted by Gasteiger charge is -2.18. The number of nitrogens with zero attached hydrogens (tertiary/aromatic N) is 2. The Morgan fingerprint density at radius 1 is 0.967 bits per heavy atom. The van der Waals surface area contributed by atoms with Crippen molar-refractivity contribution in [2.75, 3.05) is 13.1 Å². The average Bonchev–Trinajstić information content (AvgIpc) is 3.21. The van der Waals surface area contributed by atoms with Crippen LogP contribution in [-0.2, 0) is 5.41 Å². The van der Waals surface area contributed by atoms with Crippen molar-refractivity contribution in [1.82, 2.24) is 20.8 Å². The van der Waals surface area contributed by atoms with Gasteiger partial charge in [0.25, 0.3) is 5.91 Å². The molecular weight excluding hydrogens is 380 g/mol. The number of amides is 2. The van der Waals surface area contributed by atoms with Crippen LogP contribution in [0.3, 0.4) is 0 Å². The topological polar surface area (TPSA) is 97.1 Å². The zero-order valence-corrected chi connectivity index (χ0v) is 17.7. The van der Waals surface area contributed by atoms with Gasteiger partial charge in [-0.25, -0.2) is 0 Å². The third-order valence-corrected chi connectivity index (χ3v) is 4.61. The van der Waals surface area contributed by atoms with Gasteiger partial charge < -0.3 is 15.2 Å². The van der Waals surface area contributed by atoms with E-state index in [4.69, 9.17) is 4.52 Å². The van der Waals surface area contributed by atoms with Crippen LogP contribution in [-0.4, -0.2) is 35.0 Å². The first-order chi connectivity index (χ1) is 14.2. The van der Waals surface area contributed by atoms with Crippen LogP contribution in [0.4, 0.5) is 0 Å². The number of aryl methyl sites for hydroxylation is 1. The lowest BCUT2D eigenvalue weighted by molar-refractivity contribution is 0.0898. The summed E-state index contributed by atoms with van der Waals surface area (Å²) in [6.45, 7) is 8.88. The summed E-state index contributed by atoms with van der Waals surface area (Å²) >= 11 is 0. The second-order valence-electron chi connectivity index (χ2n) is 8.13. The minimum Gasteiger partial charge on any atom is -0.350 e. The summed E-state index contributed by atoms with van der Waals surface area (Å²) in [5.74, 6) is -0.431. The number of hydrogen-bond donors (Lipinski definition) is 2. The van der Waals surface area contributed by atoms with Gasteiger partial charge in [-0.05, 0) is 30.0 Å². The predicted octanol–water partition coefficient (Wildman–Crippen LogP) is 3.50. The molecule has 2 N–H and O–H groups in total. The molecule has 1 heterocycles. The van der Waals surface area contributed by atoms with Crippen molar-refractivity contribution >= 4 is 11.8 Å². The molecule has 0 unspecified atom stereocenters. The molecule has 1 aromatic heterocycles. The van der Waals surface area contributed by atoms with Gasteiger partial charge in [-0.1, -0.05) is 67.9 Å². The molecule has 3 aromatic rings. The van der Waals surface area contributed by atoms with E-state index in [2.05, 4.69) is 41.5 Å². The Balaban J connectivity index is 1.51. The van der Waals surface area contributed by atoms with E-state index in [0.29, 0.717) is 11.4 Å². The molecule has 0 bridgehead atoms. The second-order valence-corrected chi connectivity index (χ2v) is 8.13. The Labute approximate surface area is 175 Å².